The van der Waals surface area contributed by atoms with E-state index in [1.807, 2.05) is 6.07 Å². The molecule has 1 aromatic heterocycles. The molecule has 0 saturated carbocycles. The van der Waals surface area contributed by atoms with Crippen molar-refractivity contribution in [2.45, 2.75) is 20.5 Å². The molecule has 1 heterocycles. The third-order valence-electron chi connectivity index (χ3n) is 7.02. The Hall–Kier alpha value is -4.24. The zero-order valence-electron chi connectivity index (χ0n) is 20.1. The Balaban J connectivity index is 1.58. The molecular weight excluding hydrogens is 426 g/mol. The van der Waals surface area contributed by atoms with Crippen LogP contribution >= 0.6 is 0 Å². The molecule has 1 aliphatic carbocycles. The number of aliphatic imine (C=N–C) groups is 2. The van der Waals surface area contributed by atoms with Crippen molar-refractivity contribution in [3.63, 3.8) is 0 Å². The van der Waals surface area contributed by atoms with Crippen molar-refractivity contribution < 1.29 is 0 Å². The normalized spacial score (nSPS) is 15.5. The van der Waals surface area contributed by atoms with Crippen LogP contribution < -0.4 is 0 Å². The van der Waals surface area contributed by atoms with Crippen LogP contribution in [0.4, 0.5) is 0 Å². The van der Waals surface area contributed by atoms with Gasteiger partial charge in [0.2, 0.25) is 0 Å². The zero-order valence-corrected chi connectivity index (χ0v) is 20.1. The van der Waals surface area contributed by atoms with Crippen molar-refractivity contribution in [3.8, 4) is 0 Å². The van der Waals surface area contributed by atoms with Gasteiger partial charge in [-0.05, 0) is 29.6 Å². The number of fused-ring (bicyclic) bond motifs is 5. The highest BCUT2D eigenvalue weighted by Crippen LogP contribution is 2.39. The first-order valence-electron chi connectivity index (χ1n) is 12.0. The fraction of sp³-hybridized carbons (Fsp3) is 0.125. The number of para-hydroxylation sites is 1. The molecule has 0 aliphatic heterocycles. The third kappa shape index (κ3) is 3.43. The second kappa shape index (κ2) is 8.21. The quantitative estimate of drug-likeness (QED) is 0.242. The number of hydrogen-bond acceptors (Lipinski definition) is 2. The third-order valence-corrected chi connectivity index (χ3v) is 7.02. The van der Waals surface area contributed by atoms with Gasteiger partial charge in [-0.1, -0.05) is 105 Å². The number of nitrogens with zero attached hydrogens (tertiary/aromatic N) is 3. The fourth-order valence-electron chi connectivity index (χ4n) is 5.32. The lowest BCUT2D eigenvalue weighted by Gasteiger charge is -2.18. The van der Waals surface area contributed by atoms with Crippen LogP contribution in [-0.4, -0.2) is 17.0 Å². The van der Waals surface area contributed by atoms with Gasteiger partial charge in [-0.2, -0.15) is 0 Å². The first kappa shape index (κ1) is 21.3. The predicted molar refractivity (Wildman–Crippen MR) is 149 cm³/mol. The first-order chi connectivity index (χ1) is 17.1. The Morgan fingerprint density at radius 2 is 1.51 bits per heavy atom. The molecule has 5 aromatic rings. The molecule has 3 nitrogen and oxygen atoms in total. The van der Waals surface area contributed by atoms with Crippen LogP contribution in [0.5, 0.6) is 0 Å². The molecule has 0 N–H and O–H groups in total. The van der Waals surface area contributed by atoms with Gasteiger partial charge in [0, 0.05) is 27.3 Å². The molecule has 4 aromatic carbocycles. The van der Waals surface area contributed by atoms with Crippen molar-refractivity contribution in [2.24, 2.45) is 15.4 Å². The average Bonchev–Trinajstić information content (AvgIpc) is 3.38. The van der Waals surface area contributed by atoms with Crippen LogP contribution in [0.15, 0.2) is 124 Å². The van der Waals surface area contributed by atoms with E-state index in [1.54, 1.807) is 0 Å². The Morgan fingerprint density at radius 3 is 2.31 bits per heavy atom. The minimum Gasteiger partial charge on any atom is -0.320 e. The van der Waals surface area contributed by atoms with E-state index in [-0.39, 0.29) is 5.41 Å². The second-order valence-corrected chi connectivity index (χ2v) is 9.62. The summed E-state index contributed by atoms with van der Waals surface area (Å²) in [7, 11) is 0. The van der Waals surface area contributed by atoms with Crippen molar-refractivity contribution in [1.29, 1.82) is 0 Å². The summed E-state index contributed by atoms with van der Waals surface area (Å²) in [5.41, 5.74) is 6.25. The van der Waals surface area contributed by atoms with Crippen LogP contribution in [0.1, 0.15) is 19.4 Å². The van der Waals surface area contributed by atoms with Crippen LogP contribution in [0, 0.1) is 5.41 Å². The van der Waals surface area contributed by atoms with Crippen molar-refractivity contribution in [3.05, 3.63) is 120 Å². The molecular formula is C32H27N3. The number of benzene rings is 4. The summed E-state index contributed by atoms with van der Waals surface area (Å²) in [6.45, 7) is 8.72. The number of aromatic nitrogens is 1. The Morgan fingerprint density at radius 1 is 0.800 bits per heavy atom. The van der Waals surface area contributed by atoms with E-state index in [0.29, 0.717) is 6.67 Å². The molecule has 0 fully saturated rings. The maximum absolute atomic E-state index is 5.25. The largest absolute Gasteiger partial charge is 0.320 e. The van der Waals surface area contributed by atoms with Crippen molar-refractivity contribution >= 4 is 45.0 Å². The van der Waals surface area contributed by atoms with Gasteiger partial charge < -0.3 is 4.57 Å². The minimum absolute atomic E-state index is 0.168. The molecule has 0 bridgehead atoms. The van der Waals surface area contributed by atoms with E-state index >= 15 is 0 Å². The van der Waals surface area contributed by atoms with E-state index < -0.39 is 0 Å². The molecule has 0 saturated heterocycles. The van der Waals surface area contributed by atoms with E-state index in [2.05, 4.69) is 127 Å². The van der Waals surface area contributed by atoms with E-state index in [1.165, 1.54) is 32.6 Å². The van der Waals surface area contributed by atoms with Crippen LogP contribution in [0.25, 0.3) is 32.6 Å². The zero-order chi connectivity index (χ0) is 24.0. The smallest absolute Gasteiger partial charge is 0.115 e. The lowest BCUT2D eigenvalue weighted by molar-refractivity contribution is 0.584. The fourth-order valence-corrected chi connectivity index (χ4v) is 5.32. The summed E-state index contributed by atoms with van der Waals surface area (Å²) >= 11 is 0. The highest BCUT2D eigenvalue weighted by molar-refractivity contribution is 6.20. The van der Waals surface area contributed by atoms with E-state index in [9.17, 15) is 0 Å². The number of rotatable bonds is 5. The van der Waals surface area contributed by atoms with Gasteiger partial charge in [-0.15, -0.1) is 0 Å². The molecule has 0 spiro atoms. The Bertz CT molecular complexity index is 1700. The molecule has 35 heavy (non-hydrogen) atoms. The average molecular weight is 454 g/mol. The molecule has 0 unspecified atom stereocenters. The van der Waals surface area contributed by atoms with Crippen molar-refractivity contribution in [1.82, 2.24) is 4.57 Å². The summed E-state index contributed by atoms with van der Waals surface area (Å²) in [4.78, 5) is 9.67. The number of allylic oxidation sites excluding steroid dienone is 3. The maximum atomic E-state index is 5.25. The topological polar surface area (TPSA) is 29.6 Å². The summed E-state index contributed by atoms with van der Waals surface area (Å²) < 4.78 is 2.32. The summed E-state index contributed by atoms with van der Waals surface area (Å²) in [6, 6.07) is 32.0. The summed E-state index contributed by atoms with van der Waals surface area (Å²) in [5, 5.41) is 5.06. The van der Waals surface area contributed by atoms with E-state index in [0.717, 1.165) is 22.5 Å². The van der Waals surface area contributed by atoms with Gasteiger partial charge in [-0.25, -0.2) is 0 Å². The second-order valence-electron chi connectivity index (χ2n) is 9.62. The van der Waals surface area contributed by atoms with Crippen LogP contribution in [0.3, 0.4) is 0 Å². The van der Waals surface area contributed by atoms with E-state index in [4.69, 9.17) is 4.99 Å². The molecule has 0 radical (unpaired) electrons. The number of hydrogen-bond donors (Lipinski definition) is 0. The highest BCUT2D eigenvalue weighted by Gasteiger charge is 2.29. The van der Waals surface area contributed by atoms with Gasteiger partial charge in [0.1, 0.15) is 6.67 Å². The Kier molecular flexibility index (Phi) is 5.00. The first-order valence-corrected chi connectivity index (χ1v) is 12.0. The summed E-state index contributed by atoms with van der Waals surface area (Å²) in [6.07, 6.45) is 4.34. The minimum atomic E-state index is -0.168. The Labute approximate surface area is 205 Å². The SMILES string of the molecule is C=NC1=C(/C(=N\Cn2c3ccccc3c3c4ccccc4ccc32)c2ccccc2)C=CC1(C)C. The predicted octanol–water partition coefficient (Wildman–Crippen LogP) is 7.95. The molecule has 170 valence electrons. The van der Waals surface area contributed by atoms with Gasteiger partial charge in [-0.3, -0.25) is 9.98 Å². The standard InChI is InChI=1S/C32H27N3/c1-32(2)20-19-26(31(32)33-3)30(23-12-5-4-6-13-23)34-21-35-27-16-10-9-15-25(27)29-24-14-8-7-11-22(24)17-18-28(29)35/h4-20H,3,21H2,1-2H3/b34-30-. The van der Waals surface area contributed by atoms with Gasteiger partial charge in [0.25, 0.3) is 0 Å². The van der Waals surface area contributed by atoms with Crippen LogP contribution in [-0.2, 0) is 6.67 Å². The molecule has 3 heteroatoms. The van der Waals surface area contributed by atoms with Crippen LogP contribution in [0.2, 0.25) is 0 Å². The summed E-state index contributed by atoms with van der Waals surface area (Å²) in [5.74, 6) is 0. The van der Waals surface area contributed by atoms with Gasteiger partial charge >= 0.3 is 0 Å². The highest BCUT2D eigenvalue weighted by atomic mass is 15.1. The van der Waals surface area contributed by atoms with Crippen molar-refractivity contribution in [2.75, 3.05) is 0 Å². The van der Waals surface area contributed by atoms with Gasteiger partial charge in [0.05, 0.1) is 22.4 Å². The molecule has 0 amide bonds. The molecule has 1 aliphatic rings. The molecule has 0 atom stereocenters. The lowest BCUT2D eigenvalue weighted by Crippen LogP contribution is -2.12. The molecule has 6 rings (SSSR count). The maximum Gasteiger partial charge on any atom is 0.115 e. The monoisotopic (exact) mass is 453 g/mol. The van der Waals surface area contributed by atoms with Gasteiger partial charge in [0.15, 0.2) is 0 Å². The lowest BCUT2D eigenvalue weighted by atomic mass is 9.90.